The minimum absolute atomic E-state index is 0.0763. The van der Waals surface area contributed by atoms with E-state index >= 15 is 0 Å². The third kappa shape index (κ3) is 6.72. The van der Waals surface area contributed by atoms with Crippen LogP contribution in [0.4, 0.5) is 11.5 Å². The van der Waals surface area contributed by atoms with Crippen molar-refractivity contribution in [3.8, 4) is 11.5 Å². The quantitative estimate of drug-likeness (QED) is 0.598. The summed E-state index contributed by atoms with van der Waals surface area (Å²) in [5, 5.41) is 5.54. The van der Waals surface area contributed by atoms with Crippen LogP contribution in [0.5, 0.6) is 11.5 Å². The zero-order valence-corrected chi connectivity index (χ0v) is 17.0. The van der Waals surface area contributed by atoms with E-state index in [0.717, 1.165) is 11.4 Å². The van der Waals surface area contributed by atoms with E-state index in [1.807, 2.05) is 49.4 Å². The number of nitrogens with one attached hydrogen (secondary N) is 2. The number of aryl methyl sites for hydroxylation is 1. The molecular formula is C23H24N4O3. The molecule has 0 unspecified atom stereocenters. The fraction of sp³-hybridized carbons (Fsp3) is 0.174. The number of rotatable bonds is 8. The van der Waals surface area contributed by atoms with Gasteiger partial charge in [-0.15, -0.1) is 0 Å². The van der Waals surface area contributed by atoms with Gasteiger partial charge in [0.2, 0.25) is 11.8 Å². The number of anilines is 2. The first-order valence-electron chi connectivity index (χ1n) is 9.53. The van der Waals surface area contributed by atoms with E-state index in [2.05, 4.69) is 15.6 Å². The maximum absolute atomic E-state index is 12.3. The first kappa shape index (κ1) is 21.0. The molecule has 0 spiro atoms. The third-order valence-corrected chi connectivity index (χ3v) is 4.10. The third-order valence-electron chi connectivity index (χ3n) is 4.10. The van der Waals surface area contributed by atoms with E-state index < -0.39 is 0 Å². The molecule has 0 atom stereocenters. The van der Waals surface area contributed by atoms with Crippen LogP contribution in [0.1, 0.15) is 5.69 Å². The van der Waals surface area contributed by atoms with E-state index in [1.165, 1.54) is 0 Å². The molecule has 0 aliphatic carbocycles. The number of hydrogen-bond donors (Lipinski definition) is 2. The predicted octanol–water partition coefficient (Wildman–Crippen LogP) is 3.69. The zero-order chi connectivity index (χ0) is 21.3. The van der Waals surface area contributed by atoms with Gasteiger partial charge in [-0.2, -0.15) is 0 Å². The largest absolute Gasteiger partial charge is 0.457 e. The normalized spacial score (nSPS) is 10.5. The number of benzene rings is 2. The lowest BCUT2D eigenvalue weighted by atomic mass is 10.3. The lowest BCUT2D eigenvalue weighted by Crippen LogP contribution is -2.36. The molecule has 7 nitrogen and oxygen atoms in total. The molecule has 1 heterocycles. The van der Waals surface area contributed by atoms with Crippen molar-refractivity contribution in [2.24, 2.45) is 0 Å². The second-order valence-corrected chi connectivity index (χ2v) is 6.87. The molecule has 2 N–H and O–H groups in total. The lowest BCUT2D eigenvalue weighted by Gasteiger charge is -2.16. The van der Waals surface area contributed by atoms with Crippen LogP contribution in [0.15, 0.2) is 72.8 Å². The molecule has 0 saturated carbocycles. The Morgan fingerprint density at radius 1 is 0.833 bits per heavy atom. The molecule has 2 aromatic carbocycles. The Morgan fingerprint density at radius 3 is 2.13 bits per heavy atom. The molecule has 30 heavy (non-hydrogen) atoms. The summed E-state index contributed by atoms with van der Waals surface area (Å²) in [6.07, 6.45) is 0. The average Bonchev–Trinajstić information content (AvgIpc) is 2.70. The van der Waals surface area contributed by atoms with Gasteiger partial charge in [-0.05, 0) is 62.5 Å². The summed E-state index contributed by atoms with van der Waals surface area (Å²) in [4.78, 5) is 30.2. The highest BCUT2D eigenvalue weighted by Crippen LogP contribution is 2.22. The summed E-state index contributed by atoms with van der Waals surface area (Å²) >= 11 is 0. The molecule has 0 saturated heterocycles. The van der Waals surface area contributed by atoms with Crippen molar-refractivity contribution in [2.75, 3.05) is 30.8 Å². The zero-order valence-electron chi connectivity index (χ0n) is 17.0. The van der Waals surface area contributed by atoms with Gasteiger partial charge in [0.05, 0.1) is 13.1 Å². The van der Waals surface area contributed by atoms with Crippen LogP contribution in [0.2, 0.25) is 0 Å². The molecule has 0 radical (unpaired) electrons. The lowest BCUT2D eigenvalue weighted by molar-refractivity contribution is -0.119. The van der Waals surface area contributed by atoms with E-state index in [0.29, 0.717) is 17.3 Å². The number of para-hydroxylation sites is 1. The maximum Gasteiger partial charge on any atom is 0.239 e. The maximum atomic E-state index is 12.3. The van der Waals surface area contributed by atoms with Crippen LogP contribution in [0, 0.1) is 6.92 Å². The van der Waals surface area contributed by atoms with Crippen LogP contribution in [0.3, 0.4) is 0 Å². The van der Waals surface area contributed by atoms with E-state index in [1.54, 1.807) is 42.3 Å². The van der Waals surface area contributed by atoms with Crippen molar-refractivity contribution in [1.29, 1.82) is 0 Å². The molecule has 0 bridgehead atoms. The van der Waals surface area contributed by atoms with Gasteiger partial charge in [0, 0.05) is 11.4 Å². The number of amides is 2. The van der Waals surface area contributed by atoms with Gasteiger partial charge in [0.1, 0.15) is 17.3 Å². The van der Waals surface area contributed by atoms with Gasteiger partial charge < -0.3 is 15.4 Å². The standard InChI is InChI=1S/C23H24N4O3/c1-17-7-6-10-21(24-17)26-23(29)16-27(2)15-22(28)25-18-11-13-20(14-12-18)30-19-8-4-3-5-9-19/h3-14H,15-16H2,1-2H3,(H,25,28)(H,24,26,29). The Balaban J connectivity index is 1.44. The Labute approximate surface area is 175 Å². The summed E-state index contributed by atoms with van der Waals surface area (Å²) in [7, 11) is 1.71. The summed E-state index contributed by atoms with van der Waals surface area (Å²) in [5.74, 6) is 1.48. The smallest absolute Gasteiger partial charge is 0.239 e. The van der Waals surface area contributed by atoms with Gasteiger partial charge in [0.15, 0.2) is 0 Å². The first-order valence-corrected chi connectivity index (χ1v) is 9.53. The van der Waals surface area contributed by atoms with Gasteiger partial charge in [-0.3, -0.25) is 14.5 Å². The molecule has 1 aromatic heterocycles. The highest BCUT2D eigenvalue weighted by molar-refractivity contribution is 5.94. The fourth-order valence-electron chi connectivity index (χ4n) is 2.77. The molecule has 3 rings (SSSR count). The minimum Gasteiger partial charge on any atom is -0.457 e. The Morgan fingerprint density at radius 2 is 1.47 bits per heavy atom. The molecule has 154 valence electrons. The summed E-state index contributed by atoms with van der Waals surface area (Å²) < 4.78 is 5.73. The average molecular weight is 404 g/mol. The molecule has 0 fully saturated rings. The fourth-order valence-corrected chi connectivity index (χ4v) is 2.77. The highest BCUT2D eigenvalue weighted by atomic mass is 16.5. The van der Waals surface area contributed by atoms with Crippen molar-refractivity contribution in [1.82, 2.24) is 9.88 Å². The van der Waals surface area contributed by atoms with Crippen molar-refractivity contribution in [3.63, 3.8) is 0 Å². The van der Waals surface area contributed by atoms with E-state index in [9.17, 15) is 9.59 Å². The van der Waals surface area contributed by atoms with Gasteiger partial charge in [-0.25, -0.2) is 4.98 Å². The summed E-state index contributed by atoms with van der Waals surface area (Å²) in [5.41, 5.74) is 1.47. The number of hydrogen-bond acceptors (Lipinski definition) is 5. The van der Waals surface area contributed by atoms with E-state index in [4.69, 9.17) is 4.74 Å². The molecule has 0 aliphatic heterocycles. The number of nitrogens with zero attached hydrogens (tertiary/aromatic N) is 2. The van der Waals surface area contributed by atoms with Crippen molar-refractivity contribution >= 4 is 23.3 Å². The predicted molar refractivity (Wildman–Crippen MR) is 117 cm³/mol. The first-order chi connectivity index (χ1) is 14.5. The second-order valence-electron chi connectivity index (χ2n) is 6.87. The van der Waals surface area contributed by atoms with Crippen molar-refractivity contribution in [3.05, 3.63) is 78.5 Å². The highest BCUT2D eigenvalue weighted by Gasteiger charge is 2.12. The number of likely N-dealkylation sites (N-methyl/N-ethyl adjacent to an activating group) is 1. The van der Waals surface area contributed by atoms with Crippen LogP contribution in [0.25, 0.3) is 0 Å². The molecular weight excluding hydrogens is 380 g/mol. The Hall–Kier alpha value is -3.71. The number of carbonyl (C=O) groups is 2. The number of pyridine rings is 1. The van der Waals surface area contributed by atoms with Gasteiger partial charge >= 0.3 is 0 Å². The van der Waals surface area contributed by atoms with Crippen LogP contribution in [-0.4, -0.2) is 41.8 Å². The van der Waals surface area contributed by atoms with Crippen LogP contribution >= 0.6 is 0 Å². The minimum atomic E-state index is -0.231. The topological polar surface area (TPSA) is 83.6 Å². The SMILES string of the molecule is Cc1cccc(NC(=O)CN(C)CC(=O)Nc2ccc(Oc3ccccc3)cc2)n1. The summed E-state index contributed by atoms with van der Waals surface area (Å²) in [6, 6.07) is 22.0. The molecule has 7 heteroatoms. The van der Waals surface area contributed by atoms with Gasteiger partial charge in [-0.1, -0.05) is 24.3 Å². The Bertz CT molecular complexity index is 991. The van der Waals surface area contributed by atoms with Gasteiger partial charge in [0.25, 0.3) is 0 Å². The molecule has 2 amide bonds. The second kappa shape index (κ2) is 10.2. The number of aromatic nitrogens is 1. The van der Waals surface area contributed by atoms with Crippen LogP contribution < -0.4 is 15.4 Å². The Kier molecular flexibility index (Phi) is 7.13. The number of ether oxygens (including phenoxy) is 1. The molecule has 0 aliphatic rings. The summed E-state index contributed by atoms with van der Waals surface area (Å²) in [6.45, 7) is 2.01. The van der Waals surface area contributed by atoms with Crippen LogP contribution in [-0.2, 0) is 9.59 Å². The number of carbonyl (C=O) groups excluding carboxylic acids is 2. The molecule has 3 aromatic rings. The van der Waals surface area contributed by atoms with E-state index in [-0.39, 0.29) is 24.9 Å². The monoisotopic (exact) mass is 404 g/mol. The van der Waals surface area contributed by atoms with Crippen molar-refractivity contribution in [2.45, 2.75) is 6.92 Å². The van der Waals surface area contributed by atoms with Crippen molar-refractivity contribution < 1.29 is 14.3 Å².